The van der Waals surface area contributed by atoms with Crippen molar-refractivity contribution >= 4 is 21.5 Å². The number of allylic oxidation sites excluding steroid dienone is 1. The van der Waals surface area contributed by atoms with Crippen molar-refractivity contribution in [1.82, 2.24) is 4.98 Å². The standard InChI is InChI=1S/C17H27N3O2S/c1-2-3-13-23(21,22)20-16-9-10-17(19-14-16)18-12-11-15-7-5-4-6-8-15/h7,9-10,14,20H,2-6,8,11-13H2,1H3,(H,18,19). The summed E-state index contributed by atoms with van der Waals surface area (Å²) in [6.07, 6.45) is 11.5. The van der Waals surface area contributed by atoms with Gasteiger partial charge in [-0.1, -0.05) is 25.0 Å². The zero-order valence-corrected chi connectivity index (χ0v) is 14.7. The van der Waals surface area contributed by atoms with Crippen LogP contribution in [-0.4, -0.2) is 25.7 Å². The molecule has 2 rings (SSSR count). The minimum atomic E-state index is -3.26. The fourth-order valence-corrected chi connectivity index (χ4v) is 3.86. The molecule has 0 aromatic carbocycles. The first-order valence-electron chi connectivity index (χ1n) is 8.47. The molecule has 1 heterocycles. The first kappa shape index (κ1) is 17.8. The van der Waals surface area contributed by atoms with Crippen molar-refractivity contribution in [2.75, 3.05) is 22.3 Å². The number of sulfonamides is 1. The normalized spacial score (nSPS) is 15.1. The maximum atomic E-state index is 11.8. The van der Waals surface area contributed by atoms with Crippen molar-refractivity contribution in [1.29, 1.82) is 0 Å². The highest BCUT2D eigenvalue weighted by Crippen LogP contribution is 2.20. The lowest BCUT2D eigenvalue weighted by molar-refractivity contribution is 0.598. The van der Waals surface area contributed by atoms with Gasteiger partial charge in [0.25, 0.3) is 0 Å². The van der Waals surface area contributed by atoms with Gasteiger partial charge in [0, 0.05) is 6.54 Å². The molecule has 23 heavy (non-hydrogen) atoms. The third-order valence-corrected chi connectivity index (χ3v) is 5.31. The van der Waals surface area contributed by atoms with Gasteiger partial charge in [-0.25, -0.2) is 13.4 Å². The fourth-order valence-electron chi connectivity index (χ4n) is 2.61. The highest BCUT2D eigenvalue weighted by atomic mass is 32.2. The van der Waals surface area contributed by atoms with Gasteiger partial charge in [-0.2, -0.15) is 0 Å². The molecule has 0 radical (unpaired) electrons. The number of nitrogens with zero attached hydrogens (tertiary/aromatic N) is 1. The van der Waals surface area contributed by atoms with Gasteiger partial charge in [0.15, 0.2) is 0 Å². The first-order chi connectivity index (χ1) is 11.1. The van der Waals surface area contributed by atoms with E-state index in [9.17, 15) is 8.42 Å². The Bertz CT molecular complexity index is 609. The Labute approximate surface area is 139 Å². The van der Waals surface area contributed by atoms with E-state index in [1.165, 1.54) is 31.3 Å². The molecule has 0 saturated carbocycles. The molecule has 0 amide bonds. The Morgan fingerprint density at radius 1 is 1.26 bits per heavy atom. The summed E-state index contributed by atoms with van der Waals surface area (Å²) in [5.74, 6) is 0.927. The second-order valence-corrected chi connectivity index (χ2v) is 7.83. The van der Waals surface area contributed by atoms with E-state index in [0.717, 1.165) is 25.2 Å². The maximum absolute atomic E-state index is 11.8. The zero-order valence-electron chi connectivity index (χ0n) is 13.8. The number of anilines is 2. The van der Waals surface area contributed by atoms with Crippen LogP contribution < -0.4 is 10.0 Å². The van der Waals surface area contributed by atoms with Crippen LogP contribution in [0.2, 0.25) is 0 Å². The van der Waals surface area contributed by atoms with Crippen LogP contribution in [0.3, 0.4) is 0 Å². The van der Waals surface area contributed by atoms with Crippen LogP contribution in [0, 0.1) is 0 Å². The molecule has 1 aromatic heterocycles. The molecule has 0 aliphatic heterocycles. The second-order valence-electron chi connectivity index (χ2n) is 5.99. The second kappa shape index (κ2) is 8.91. The minimum absolute atomic E-state index is 0.151. The molecule has 1 aliphatic carbocycles. The summed E-state index contributed by atoms with van der Waals surface area (Å²) in [4.78, 5) is 4.27. The highest BCUT2D eigenvalue weighted by molar-refractivity contribution is 7.92. The number of aromatic nitrogens is 1. The Morgan fingerprint density at radius 2 is 2.13 bits per heavy atom. The van der Waals surface area contributed by atoms with Gasteiger partial charge in [0.1, 0.15) is 5.82 Å². The molecule has 128 valence electrons. The molecule has 0 spiro atoms. The number of pyridine rings is 1. The van der Waals surface area contributed by atoms with E-state index >= 15 is 0 Å². The largest absolute Gasteiger partial charge is 0.370 e. The molecular weight excluding hydrogens is 310 g/mol. The Morgan fingerprint density at radius 3 is 2.78 bits per heavy atom. The van der Waals surface area contributed by atoms with Crippen molar-refractivity contribution < 1.29 is 8.42 Å². The van der Waals surface area contributed by atoms with E-state index in [1.54, 1.807) is 12.3 Å². The van der Waals surface area contributed by atoms with Crippen molar-refractivity contribution in [2.45, 2.75) is 51.9 Å². The lowest BCUT2D eigenvalue weighted by Gasteiger charge is -2.13. The topological polar surface area (TPSA) is 71.1 Å². The average Bonchev–Trinajstić information content (AvgIpc) is 2.55. The van der Waals surface area contributed by atoms with Gasteiger partial charge >= 0.3 is 0 Å². The Kier molecular flexibility index (Phi) is 6.89. The smallest absolute Gasteiger partial charge is 0.232 e. The van der Waals surface area contributed by atoms with Crippen LogP contribution in [-0.2, 0) is 10.0 Å². The zero-order chi connectivity index (χ0) is 16.5. The lowest BCUT2D eigenvalue weighted by Crippen LogP contribution is -2.16. The van der Waals surface area contributed by atoms with Crippen LogP contribution in [0.4, 0.5) is 11.5 Å². The van der Waals surface area contributed by atoms with Gasteiger partial charge < -0.3 is 5.32 Å². The molecule has 1 aliphatic rings. The molecule has 0 fully saturated rings. The van der Waals surface area contributed by atoms with E-state index < -0.39 is 10.0 Å². The van der Waals surface area contributed by atoms with Crippen LogP contribution in [0.15, 0.2) is 30.0 Å². The van der Waals surface area contributed by atoms with Crippen molar-refractivity contribution in [3.8, 4) is 0 Å². The van der Waals surface area contributed by atoms with E-state index in [4.69, 9.17) is 0 Å². The van der Waals surface area contributed by atoms with E-state index in [2.05, 4.69) is 21.1 Å². The minimum Gasteiger partial charge on any atom is -0.370 e. The summed E-state index contributed by atoms with van der Waals surface area (Å²) < 4.78 is 26.2. The number of unbranched alkanes of at least 4 members (excludes halogenated alkanes) is 1. The lowest BCUT2D eigenvalue weighted by atomic mass is 9.97. The van der Waals surface area contributed by atoms with Gasteiger partial charge in [-0.3, -0.25) is 4.72 Å². The van der Waals surface area contributed by atoms with E-state index in [0.29, 0.717) is 12.1 Å². The molecule has 1 aromatic rings. The summed E-state index contributed by atoms with van der Waals surface area (Å²) in [7, 11) is -3.26. The molecule has 0 atom stereocenters. The van der Waals surface area contributed by atoms with Gasteiger partial charge in [-0.05, 0) is 50.7 Å². The summed E-state index contributed by atoms with van der Waals surface area (Å²) in [5.41, 5.74) is 2.05. The molecule has 2 N–H and O–H groups in total. The molecule has 6 heteroatoms. The quantitative estimate of drug-likeness (QED) is 0.670. The highest BCUT2D eigenvalue weighted by Gasteiger charge is 2.09. The predicted octanol–water partition coefficient (Wildman–Crippen LogP) is 3.93. The maximum Gasteiger partial charge on any atom is 0.232 e. The molecule has 0 unspecified atom stereocenters. The fraction of sp³-hybridized carbons (Fsp3) is 0.588. The van der Waals surface area contributed by atoms with Crippen LogP contribution in [0.5, 0.6) is 0 Å². The summed E-state index contributed by atoms with van der Waals surface area (Å²) in [5, 5.41) is 3.29. The number of nitrogens with one attached hydrogen (secondary N) is 2. The SMILES string of the molecule is CCCCS(=O)(=O)Nc1ccc(NCCC2=CCCCC2)nc1. The van der Waals surface area contributed by atoms with E-state index in [-0.39, 0.29) is 5.75 Å². The molecule has 0 saturated heterocycles. The summed E-state index contributed by atoms with van der Waals surface area (Å²) in [6.45, 7) is 2.83. The molecule has 0 bridgehead atoms. The van der Waals surface area contributed by atoms with Crippen LogP contribution in [0.1, 0.15) is 51.9 Å². The van der Waals surface area contributed by atoms with Crippen LogP contribution in [0.25, 0.3) is 0 Å². The third-order valence-electron chi connectivity index (χ3n) is 3.94. The summed E-state index contributed by atoms with van der Waals surface area (Å²) >= 11 is 0. The van der Waals surface area contributed by atoms with Crippen molar-refractivity contribution in [3.05, 3.63) is 30.0 Å². The first-order valence-corrected chi connectivity index (χ1v) is 10.1. The monoisotopic (exact) mass is 337 g/mol. The van der Waals surface area contributed by atoms with Crippen molar-refractivity contribution in [2.24, 2.45) is 0 Å². The van der Waals surface area contributed by atoms with Gasteiger partial charge in [-0.15, -0.1) is 0 Å². The van der Waals surface area contributed by atoms with Gasteiger partial charge in [0.2, 0.25) is 10.0 Å². The van der Waals surface area contributed by atoms with Crippen molar-refractivity contribution in [3.63, 3.8) is 0 Å². The number of hydrogen-bond acceptors (Lipinski definition) is 4. The van der Waals surface area contributed by atoms with Crippen LogP contribution >= 0.6 is 0 Å². The Hall–Kier alpha value is -1.56. The number of hydrogen-bond donors (Lipinski definition) is 2. The Balaban J connectivity index is 1.78. The molecule has 5 nitrogen and oxygen atoms in total. The predicted molar refractivity (Wildman–Crippen MR) is 96.2 cm³/mol. The van der Waals surface area contributed by atoms with E-state index in [1.807, 2.05) is 13.0 Å². The average molecular weight is 337 g/mol. The van der Waals surface area contributed by atoms with Gasteiger partial charge in [0.05, 0.1) is 17.6 Å². The third kappa shape index (κ3) is 6.60. The summed E-state index contributed by atoms with van der Waals surface area (Å²) in [6, 6.07) is 3.56. The number of rotatable bonds is 9. The molecular formula is C17H27N3O2S.